The monoisotopic (exact) mass is 302 g/mol. The van der Waals surface area contributed by atoms with Crippen molar-refractivity contribution >= 4 is 30.8 Å². The number of hydrazine groups is 1. The van der Waals surface area contributed by atoms with Crippen LogP contribution in [0.4, 0.5) is 0 Å². The van der Waals surface area contributed by atoms with E-state index in [0.717, 1.165) is 6.42 Å². The van der Waals surface area contributed by atoms with E-state index >= 15 is 0 Å². The van der Waals surface area contributed by atoms with Gasteiger partial charge in [-0.3, -0.25) is 9.79 Å². The van der Waals surface area contributed by atoms with Gasteiger partial charge in [0.1, 0.15) is 11.6 Å². The van der Waals surface area contributed by atoms with Crippen LogP contribution in [0.15, 0.2) is 4.99 Å². The largest absolute Gasteiger partial charge is 0.480 e. The molecule has 0 aromatic heterocycles. The number of thiol groups is 1. The molecule has 8 heteroatoms. The van der Waals surface area contributed by atoms with Gasteiger partial charge in [0, 0.05) is 12.3 Å². The lowest BCUT2D eigenvalue weighted by Gasteiger charge is -2.33. The number of carboxylic acids is 1. The van der Waals surface area contributed by atoms with Crippen molar-refractivity contribution in [2.24, 2.45) is 10.8 Å². The highest BCUT2D eigenvalue weighted by Crippen LogP contribution is 2.28. The zero-order valence-electron chi connectivity index (χ0n) is 11.6. The van der Waals surface area contributed by atoms with Crippen LogP contribution in [0.2, 0.25) is 0 Å². The Labute approximate surface area is 124 Å². The number of aliphatic imine (C=N–C) groups is 1. The number of aliphatic carboxylic acids is 1. The molecular weight excluding hydrogens is 280 g/mol. The smallest absolute Gasteiger partial charge is 0.326 e. The van der Waals surface area contributed by atoms with Crippen LogP contribution >= 0.6 is 12.6 Å². The van der Waals surface area contributed by atoms with Gasteiger partial charge in [0.2, 0.25) is 0 Å². The van der Waals surface area contributed by atoms with Gasteiger partial charge in [-0.15, -0.1) is 0 Å². The summed E-state index contributed by atoms with van der Waals surface area (Å²) in [6, 6.07) is -0.764. The summed E-state index contributed by atoms with van der Waals surface area (Å²) in [6.45, 7) is 2.39. The van der Waals surface area contributed by atoms with Crippen LogP contribution in [-0.4, -0.2) is 52.1 Å². The van der Waals surface area contributed by atoms with E-state index in [-0.39, 0.29) is 11.7 Å². The Hall–Kier alpha value is -1.28. The first-order valence-corrected chi connectivity index (χ1v) is 7.30. The standard InChI is InChI=1S/C12H22N4O3S/c1-2-5-12(7-20,14-8-15-13)11(19)16-6-3-4-9(16)10(17)18/h8-9,20H,2-7,13H2,1H3,(H,14,15)(H,17,18)/t9-,12?/m0/s1. The fourth-order valence-electron chi connectivity index (χ4n) is 2.52. The minimum Gasteiger partial charge on any atom is -0.480 e. The van der Waals surface area contributed by atoms with E-state index in [9.17, 15) is 14.7 Å². The molecule has 0 bridgehead atoms. The molecule has 1 rings (SSSR count). The predicted octanol–water partition coefficient (Wildman–Crippen LogP) is 0.0223. The van der Waals surface area contributed by atoms with E-state index in [1.54, 1.807) is 0 Å². The quantitative estimate of drug-likeness (QED) is 0.174. The lowest BCUT2D eigenvalue weighted by molar-refractivity contribution is -0.150. The van der Waals surface area contributed by atoms with Crippen molar-refractivity contribution in [3.05, 3.63) is 0 Å². The number of rotatable bonds is 7. The van der Waals surface area contributed by atoms with E-state index in [1.807, 2.05) is 6.92 Å². The lowest BCUT2D eigenvalue weighted by atomic mass is 9.94. The average Bonchev–Trinajstić information content (AvgIpc) is 2.92. The molecule has 1 aliphatic heterocycles. The maximum atomic E-state index is 12.7. The van der Waals surface area contributed by atoms with Gasteiger partial charge in [-0.05, 0) is 19.3 Å². The number of nitrogens with zero attached hydrogens (tertiary/aromatic N) is 2. The van der Waals surface area contributed by atoms with Crippen molar-refractivity contribution in [1.82, 2.24) is 10.3 Å². The SMILES string of the molecule is CCCC(CS)(N=CNN)C(=O)N1CCC[C@H]1C(=O)O. The Bertz CT molecular complexity index is 391. The lowest BCUT2D eigenvalue weighted by Crippen LogP contribution is -2.53. The molecule has 0 aromatic rings. The normalized spacial score (nSPS) is 21.9. The van der Waals surface area contributed by atoms with Crippen LogP contribution < -0.4 is 11.3 Å². The Kier molecular flexibility index (Phi) is 6.28. The van der Waals surface area contributed by atoms with Gasteiger partial charge in [0.15, 0.2) is 0 Å². The summed E-state index contributed by atoms with van der Waals surface area (Å²) < 4.78 is 0. The number of nitrogens with two attached hydrogens (primary N) is 1. The summed E-state index contributed by atoms with van der Waals surface area (Å²) in [4.78, 5) is 29.6. The summed E-state index contributed by atoms with van der Waals surface area (Å²) >= 11 is 4.24. The van der Waals surface area contributed by atoms with E-state index < -0.39 is 17.6 Å². The number of carboxylic acid groups (broad SMARTS) is 1. The zero-order valence-corrected chi connectivity index (χ0v) is 12.5. The van der Waals surface area contributed by atoms with Gasteiger partial charge in [-0.1, -0.05) is 13.3 Å². The number of carbonyl (C=O) groups excluding carboxylic acids is 1. The molecule has 4 N–H and O–H groups in total. The Morgan fingerprint density at radius 1 is 1.65 bits per heavy atom. The third-order valence-electron chi connectivity index (χ3n) is 3.51. The maximum absolute atomic E-state index is 12.7. The van der Waals surface area contributed by atoms with Gasteiger partial charge in [0.25, 0.3) is 5.91 Å². The first kappa shape index (κ1) is 16.8. The second kappa shape index (κ2) is 7.49. The van der Waals surface area contributed by atoms with Gasteiger partial charge in [-0.2, -0.15) is 12.6 Å². The van der Waals surface area contributed by atoms with Gasteiger partial charge >= 0.3 is 5.97 Å². The molecule has 1 amide bonds. The minimum atomic E-state index is -1.05. The van der Waals surface area contributed by atoms with E-state index in [0.29, 0.717) is 25.8 Å². The molecule has 0 aliphatic carbocycles. The van der Waals surface area contributed by atoms with Crippen molar-refractivity contribution in [3.8, 4) is 0 Å². The third-order valence-corrected chi connectivity index (χ3v) is 4.03. The molecule has 2 atom stereocenters. The predicted molar refractivity (Wildman–Crippen MR) is 79.7 cm³/mol. The van der Waals surface area contributed by atoms with Crippen molar-refractivity contribution < 1.29 is 14.7 Å². The summed E-state index contributed by atoms with van der Waals surface area (Å²) in [5.41, 5.74) is 1.23. The van der Waals surface area contributed by atoms with Crippen molar-refractivity contribution in [3.63, 3.8) is 0 Å². The number of likely N-dealkylation sites (tertiary alicyclic amines) is 1. The molecular formula is C12H22N4O3S. The van der Waals surface area contributed by atoms with Crippen LogP contribution in [0.5, 0.6) is 0 Å². The number of nitrogens with one attached hydrogen (secondary N) is 1. The third kappa shape index (κ3) is 3.43. The molecule has 114 valence electrons. The second-order valence-electron chi connectivity index (χ2n) is 4.86. The molecule has 20 heavy (non-hydrogen) atoms. The minimum absolute atomic E-state index is 0.209. The molecule has 1 heterocycles. The van der Waals surface area contributed by atoms with Crippen LogP contribution in [0.1, 0.15) is 32.6 Å². The topological polar surface area (TPSA) is 108 Å². The molecule has 0 spiro atoms. The molecule has 0 radical (unpaired) electrons. The highest BCUT2D eigenvalue weighted by atomic mass is 32.1. The van der Waals surface area contributed by atoms with Crippen LogP contribution in [-0.2, 0) is 9.59 Å². The molecule has 1 saturated heterocycles. The highest BCUT2D eigenvalue weighted by molar-refractivity contribution is 7.80. The Morgan fingerprint density at radius 2 is 2.35 bits per heavy atom. The number of carbonyl (C=O) groups is 2. The summed E-state index contributed by atoms with van der Waals surface area (Å²) in [7, 11) is 0. The van der Waals surface area contributed by atoms with Gasteiger partial charge in [-0.25, -0.2) is 10.6 Å². The number of amides is 1. The van der Waals surface area contributed by atoms with Crippen molar-refractivity contribution in [1.29, 1.82) is 0 Å². The van der Waals surface area contributed by atoms with E-state index in [4.69, 9.17) is 5.84 Å². The fourth-order valence-corrected chi connectivity index (χ4v) is 2.90. The summed E-state index contributed by atoms with van der Waals surface area (Å²) in [5, 5.41) is 9.19. The first-order chi connectivity index (χ1) is 9.52. The molecule has 7 nitrogen and oxygen atoms in total. The molecule has 0 aromatic carbocycles. The highest BCUT2D eigenvalue weighted by Gasteiger charge is 2.44. The van der Waals surface area contributed by atoms with Gasteiger partial charge in [0.05, 0.1) is 6.34 Å². The van der Waals surface area contributed by atoms with Crippen molar-refractivity contribution in [2.45, 2.75) is 44.2 Å². The Morgan fingerprint density at radius 3 is 2.85 bits per heavy atom. The zero-order chi connectivity index (χ0) is 15.2. The van der Waals surface area contributed by atoms with Gasteiger partial charge < -0.3 is 15.4 Å². The van der Waals surface area contributed by atoms with E-state index in [1.165, 1.54) is 11.2 Å². The average molecular weight is 302 g/mol. The molecule has 0 saturated carbocycles. The Balaban J connectivity index is 3.03. The number of hydrogen-bond acceptors (Lipinski definition) is 5. The molecule has 1 unspecified atom stereocenters. The molecule has 1 fully saturated rings. The van der Waals surface area contributed by atoms with E-state index in [2.05, 4.69) is 23.0 Å². The van der Waals surface area contributed by atoms with Crippen molar-refractivity contribution in [2.75, 3.05) is 12.3 Å². The van der Waals surface area contributed by atoms with Crippen LogP contribution in [0, 0.1) is 0 Å². The first-order valence-electron chi connectivity index (χ1n) is 6.67. The van der Waals surface area contributed by atoms with Crippen LogP contribution in [0.25, 0.3) is 0 Å². The maximum Gasteiger partial charge on any atom is 0.326 e. The van der Waals surface area contributed by atoms with Crippen LogP contribution in [0.3, 0.4) is 0 Å². The summed E-state index contributed by atoms with van der Waals surface area (Å²) in [5.74, 6) is 4.12. The molecule has 1 aliphatic rings. The number of hydrogen-bond donors (Lipinski definition) is 4. The summed E-state index contributed by atoms with van der Waals surface area (Å²) in [6.07, 6.45) is 3.66. The second-order valence-corrected chi connectivity index (χ2v) is 5.18. The fraction of sp³-hybridized carbons (Fsp3) is 0.750.